The van der Waals surface area contributed by atoms with Crippen molar-refractivity contribution in [2.75, 3.05) is 13.2 Å². The van der Waals surface area contributed by atoms with Gasteiger partial charge in [-0.1, -0.05) is 29.8 Å². The molecule has 0 saturated carbocycles. The van der Waals surface area contributed by atoms with E-state index in [1.165, 1.54) is 6.08 Å². The minimum absolute atomic E-state index is 0.388. The number of carbonyl (C=O) groups is 3. The standard InChI is InChI=1S/C14H15ClN2O4/c1-2-16-14(20)17-12(18)9-21-13(19)8-7-10-5-3-4-6-11(10)15/h3-8H,2,9H2,1H3,(H2,16,17,18,20)/b8-7+. The van der Waals surface area contributed by atoms with Crippen molar-refractivity contribution >= 4 is 35.6 Å². The Morgan fingerprint density at radius 3 is 2.67 bits per heavy atom. The molecule has 0 heterocycles. The average Bonchev–Trinajstić information content (AvgIpc) is 2.44. The second-order valence-corrected chi connectivity index (χ2v) is 4.28. The number of hydrogen-bond acceptors (Lipinski definition) is 4. The van der Waals surface area contributed by atoms with Gasteiger partial charge in [-0.3, -0.25) is 10.1 Å². The van der Waals surface area contributed by atoms with Crippen LogP contribution in [0.3, 0.4) is 0 Å². The van der Waals surface area contributed by atoms with Gasteiger partial charge in [0.15, 0.2) is 6.61 Å². The number of amides is 3. The van der Waals surface area contributed by atoms with E-state index in [2.05, 4.69) is 10.1 Å². The summed E-state index contributed by atoms with van der Waals surface area (Å²) < 4.78 is 4.68. The quantitative estimate of drug-likeness (QED) is 0.641. The van der Waals surface area contributed by atoms with Crippen LogP contribution in [0.15, 0.2) is 30.3 Å². The predicted octanol–water partition coefficient (Wildman–Crippen LogP) is 1.74. The van der Waals surface area contributed by atoms with Crippen LogP contribution in [0.1, 0.15) is 12.5 Å². The second-order valence-electron chi connectivity index (χ2n) is 3.87. The van der Waals surface area contributed by atoms with E-state index < -0.39 is 24.5 Å². The number of nitrogens with one attached hydrogen (secondary N) is 2. The summed E-state index contributed by atoms with van der Waals surface area (Å²) in [7, 11) is 0. The Labute approximate surface area is 127 Å². The van der Waals surface area contributed by atoms with Gasteiger partial charge in [0.25, 0.3) is 5.91 Å². The first-order valence-electron chi connectivity index (χ1n) is 6.20. The van der Waals surface area contributed by atoms with Crippen molar-refractivity contribution in [2.24, 2.45) is 0 Å². The normalized spacial score (nSPS) is 10.2. The zero-order valence-corrected chi connectivity index (χ0v) is 12.1. The molecular weight excluding hydrogens is 296 g/mol. The van der Waals surface area contributed by atoms with Crippen LogP contribution < -0.4 is 10.6 Å². The van der Waals surface area contributed by atoms with Gasteiger partial charge in [-0.25, -0.2) is 9.59 Å². The smallest absolute Gasteiger partial charge is 0.331 e. The maximum absolute atomic E-state index is 11.4. The van der Waals surface area contributed by atoms with E-state index in [1.54, 1.807) is 31.2 Å². The van der Waals surface area contributed by atoms with Gasteiger partial charge < -0.3 is 10.1 Å². The Hall–Kier alpha value is -2.34. The number of rotatable bonds is 5. The Bertz CT molecular complexity index is 558. The molecule has 2 N–H and O–H groups in total. The Morgan fingerprint density at radius 1 is 1.29 bits per heavy atom. The van der Waals surface area contributed by atoms with Gasteiger partial charge in [-0.05, 0) is 24.6 Å². The molecule has 1 aromatic carbocycles. The summed E-state index contributed by atoms with van der Waals surface area (Å²) >= 11 is 5.91. The SMILES string of the molecule is CCNC(=O)NC(=O)COC(=O)/C=C/c1ccccc1Cl. The van der Waals surface area contributed by atoms with E-state index in [1.807, 2.05) is 5.32 Å². The van der Waals surface area contributed by atoms with E-state index in [9.17, 15) is 14.4 Å². The van der Waals surface area contributed by atoms with Gasteiger partial charge in [0.05, 0.1) is 0 Å². The number of urea groups is 1. The van der Waals surface area contributed by atoms with E-state index in [4.69, 9.17) is 11.6 Å². The molecule has 7 heteroatoms. The van der Waals surface area contributed by atoms with Gasteiger partial charge in [0.2, 0.25) is 0 Å². The van der Waals surface area contributed by atoms with Gasteiger partial charge >= 0.3 is 12.0 Å². The Kier molecular flexibility index (Phi) is 6.97. The largest absolute Gasteiger partial charge is 0.452 e. The summed E-state index contributed by atoms with van der Waals surface area (Å²) in [6, 6.07) is 6.32. The van der Waals surface area contributed by atoms with Crippen molar-refractivity contribution in [3.63, 3.8) is 0 Å². The molecule has 0 aliphatic heterocycles. The topological polar surface area (TPSA) is 84.5 Å². The Balaban J connectivity index is 2.39. The molecule has 0 unspecified atom stereocenters. The van der Waals surface area contributed by atoms with Crippen LogP contribution in [0.25, 0.3) is 6.08 Å². The molecule has 0 aliphatic carbocycles. The second kappa shape index (κ2) is 8.76. The molecule has 1 rings (SSSR count). The van der Waals surface area contributed by atoms with Crippen LogP contribution in [0.5, 0.6) is 0 Å². The summed E-state index contributed by atoms with van der Waals surface area (Å²) in [5, 5.41) is 4.88. The molecule has 0 saturated heterocycles. The molecule has 0 atom stereocenters. The minimum atomic E-state index is -0.708. The van der Waals surface area contributed by atoms with Crippen LogP contribution in [0.4, 0.5) is 4.79 Å². The molecule has 3 amide bonds. The molecule has 0 spiro atoms. The van der Waals surface area contributed by atoms with Crippen molar-refractivity contribution < 1.29 is 19.1 Å². The number of esters is 1. The van der Waals surface area contributed by atoms with Gasteiger partial charge in [-0.15, -0.1) is 0 Å². The lowest BCUT2D eigenvalue weighted by molar-refractivity contribution is -0.143. The zero-order chi connectivity index (χ0) is 15.7. The number of carbonyl (C=O) groups excluding carboxylic acids is 3. The number of halogens is 1. The van der Waals surface area contributed by atoms with Crippen molar-refractivity contribution in [1.82, 2.24) is 10.6 Å². The number of benzene rings is 1. The fourth-order valence-electron chi connectivity index (χ4n) is 1.32. The highest BCUT2D eigenvalue weighted by Crippen LogP contribution is 2.16. The highest BCUT2D eigenvalue weighted by atomic mass is 35.5. The predicted molar refractivity (Wildman–Crippen MR) is 78.7 cm³/mol. The van der Waals surface area contributed by atoms with Gasteiger partial charge in [-0.2, -0.15) is 0 Å². The van der Waals surface area contributed by atoms with Crippen LogP contribution in [-0.2, 0) is 14.3 Å². The highest BCUT2D eigenvalue weighted by molar-refractivity contribution is 6.32. The first-order valence-corrected chi connectivity index (χ1v) is 6.57. The molecule has 0 bridgehead atoms. The van der Waals surface area contributed by atoms with Crippen molar-refractivity contribution in [3.05, 3.63) is 40.9 Å². The molecule has 0 fully saturated rings. The van der Waals surface area contributed by atoms with Gasteiger partial charge in [0, 0.05) is 17.6 Å². The fraction of sp³-hybridized carbons (Fsp3) is 0.214. The summed E-state index contributed by atoms with van der Waals surface area (Å²) in [5.41, 5.74) is 0.655. The van der Waals surface area contributed by atoms with Crippen molar-refractivity contribution in [1.29, 1.82) is 0 Å². The van der Waals surface area contributed by atoms with E-state index >= 15 is 0 Å². The fourth-order valence-corrected chi connectivity index (χ4v) is 1.52. The molecule has 6 nitrogen and oxygen atoms in total. The van der Waals surface area contributed by atoms with Crippen LogP contribution >= 0.6 is 11.6 Å². The lowest BCUT2D eigenvalue weighted by Gasteiger charge is -2.04. The van der Waals surface area contributed by atoms with E-state index in [-0.39, 0.29) is 0 Å². The number of imide groups is 1. The Morgan fingerprint density at radius 2 is 2.00 bits per heavy atom. The maximum Gasteiger partial charge on any atom is 0.331 e. The molecular formula is C14H15ClN2O4. The molecule has 0 radical (unpaired) electrons. The van der Waals surface area contributed by atoms with Gasteiger partial charge in [0.1, 0.15) is 0 Å². The maximum atomic E-state index is 11.4. The van der Waals surface area contributed by atoms with E-state index in [0.717, 1.165) is 6.08 Å². The minimum Gasteiger partial charge on any atom is -0.452 e. The summed E-state index contributed by atoms with van der Waals surface area (Å²) in [4.78, 5) is 33.7. The van der Waals surface area contributed by atoms with Crippen molar-refractivity contribution in [3.8, 4) is 0 Å². The first-order chi connectivity index (χ1) is 10.0. The number of ether oxygens (including phenoxy) is 1. The molecule has 0 aliphatic rings. The molecule has 0 aromatic heterocycles. The summed E-state index contributed by atoms with van der Waals surface area (Å²) in [6.45, 7) is 1.56. The van der Waals surface area contributed by atoms with E-state index in [0.29, 0.717) is 17.1 Å². The monoisotopic (exact) mass is 310 g/mol. The lowest BCUT2D eigenvalue weighted by Crippen LogP contribution is -2.41. The van der Waals surface area contributed by atoms with Crippen molar-refractivity contribution in [2.45, 2.75) is 6.92 Å². The third-order valence-corrected chi connectivity index (χ3v) is 2.58. The highest BCUT2D eigenvalue weighted by Gasteiger charge is 2.08. The third kappa shape index (κ3) is 6.58. The third-order valence-electron chi connectivity index (χ3n) is 2.24. The zero-order valence-electron chi connectivity index (χ0n) is 11.4. The van der Waals surface area contributed by atoms with Crippen LogP contribution in [0, 0.1) is 0 Å². The summed E-state index contributed by atoms with van der Waals surface area (Å²) in [5.74, 6) is -1.42. The number of hydrogen-bond donors (Lipinski definition) is 2. The summed E-state index contributed by atoms with van der Waals surface area (Å²) in [6.07, 6.45) is 2.63. The first kappa shape index (κ1) is 16.7. The molecule has 21 heavy (non-hydrogen) atoms. The van der Waals surface area contributed by atoms with Crippen LogP contribution in [-0.4, -0.2) is 31.1 Å². The lowest BCUT2D eigenvalue weighted by atomic mass is 10.2. The average molecular weight is 311 g/mol. The molecule has 112 valence electrons. The van der Waals surface area contributed by atoms with Crippen LogP contribution in [0.2, 0.25) is 5.02 Å². The molecule has 1 aromatic rings.